The molecule has 0 spiro atoms. The normalized spacial score (nSPS) is 26.9. The summed E-state index contributed by atoms with van der Waals surface area (Å²) >= 11 is 0. The first-order valence-electron chi connectivity index (χ1n) is 18.6. The van der Waals surface area contributed by atoms with E-state index in [0.717, 1.165) is 18.5 Å². The Morgan fingerprint density at radius 3 is 2.61 bits per heavy atom. The van der Waals surface area contributed by atoms with Crippen molar-refractivity contribution < 1.29 is 36.7 Å². The van der Waals surface area contributed by atoms with Gasteiger partial charge in [0.1, 0.15) is 40.9 Å². The van der Waals surface area contributed by atoms with Gasteiger partial charge < -0.3 is 20.3 Å². The van der Waals surface area contributed by atoms with E-state index >= 15 is 0 Å². The second-order valence-corrected chi connectivity index (χ2v) is 16.7. The molecular weight excluding hydrogens is 720 g/mol. The van der Waals surface area contributed by atoms with Crippen LogP contribution in [0, 0.1) is 18.7 Å². The molecule has 1 saturated heterocycles. The molecule has 1 aromatic carbocycles. The first-order chi connectivity index (χ1) is 25.8. The van der Waals surface area contributed by atoms with E-state index in [2.05, 4.69) is 30.4 Å². The molecule has 2 aliphatic carbocycles. The van der Waals surface area contributed by atoms with Gasteiger partial charge in [-0.25, -0.2) is 22.8 Å². The van der Waals surface area contributed by atoms with Crippen molar-refractivity contribution in [3.8, 4) is 5.88 Å². The lowest BCUT2D eigenvalue weighted by atomic mass is 10.0. The Bertz CT molecular complexity index is 2120. The maximum atomic E-state index is 14.6. The quantitative estimate of drug-likeness (QED) is 0.287. The van der Waals surface area contributed by atoms with E-state index in [0.29, 0.717) is 49.7 Å². The molecule has 2 aromatic heterocycles. The number of carbonyl (C=O) groups is 4. The van der Waals surface area contributed by atoms with Gasteiger partial charge in [-0.2, -0.15) is 5.10 Å². The van der Waals surface area contributed by atoms with Crippen molar-refractivity contribution in [2.45, 2.75) is 107 Å². The topological polar surface area (TPSA) is 195 Å². The zero-order valence-corrected chi connectivity index (χ0v) is 31.3. The second kappa shape index (κ2) is 14.7. The number of rotatable bonds is 8. The molecule has 288 valence electrons. The predicted octanol–water partition coefficient (Wildman–Crippen LogP) is 2.52. The Hall–Kier alpha value is -4.93. The molecule has 4 amide bonds. The van der Waals surface area contributed by atoms with Crippen LogP contribution in [0.3, 0.4) is 0 Å². The Balaban J connectivity index is 1.20. The summed E-state index contributed by atoms with van der Waals surface area (Å²) in [5, 5.41) is 9.33. The Morgan fingerprint density at radius 1 is 1.09 bits per heavy atom. The minimum absolute atomic E-state index is 0.0116. The molecule has 3 aromatic rings. The van der Waals surface area contributed by atoms with Crippen LogP contribution in [0.1, 0.15) is 86.6 Å². The summed E-state index contributed by atoms with van der Waals surface area (Å²) in [5.41, 5.74) is 0.634. The van der Waals surface area contributed by atoms with E-state index in [1.165, 1.54) is 23.1 Å². The highest BCUT2D eigenvalue weighted by Gasteiger charge is 2.62. The number of sulfonamides is 1. The van der Waals surface area contributed by atoms with E-state index in [1.54, 1.807) is 24.7 Å². The van der Waals surface area contributed by atoms with Gasteiger partial charge in [-0.15, -0.1) is 0 Å². The molecule has 2 saturated carbocycles. The van der Waals surface area contributed by atoms with Crippen LogP contribution in [0.4, 0.5) is 4.39 Å². The van der Waals surface area contributed by atoms with Crippen LogP contribution in [0.2, 0.25) is 0 Å². The second-order valence-electron chi connectivity index (χ2n) is 14.8. The third-order valence-electron chi connectivity index (χ3n) is 10.8. The fraction of sp³-hybridized carbons (Fsp3) is 0.541. The summed E-state index contributed by atoms with van der Waals surface area (Å²) < 4.78 is 49.9. The van der Waals surface area contributed by atoms with Crippen molar-refractivity contribution in [1.82, 2.24) is 40.0 Å². The van der Waals surface area contributed by atoms with Crippen LogP contribution in [-0.2, 0) is 37.9 Å². The predicted molar refractivity (Wildman–Crippen MR) is 194 cm³/mol. The number of hydrogen-bond acceptors (Lipinski definition) is 10. The molecule has 54 heavy (non-hydrogen) atoms. The minimum Gasteiger partial charge on any atom is -0.471 e. The van der Waals surface area contributed by atoms with Gasteiger partial charge in [-0.3, -0.25) is 28.6 Å². The molecule has 3 fully saturated rings. The number of carbonyl (C=O) groups excluding carboxylic acids is 4. The highest BCUT2D eigenvalue weighted by atomic mass is 32.2. The van der Waals surface area contributed by atoms with Crippen LogP contribution in [0.5, 0.6) is 5.88 Å². The molecular formula is C37H45FN8O7S. The number of aromatic nitrogens is 4. The van der Waals surface area contributed by atoms with Gasteiger partial charge >= 0.3 is 0 Å². The first kappa shape index (κ1) is 37.4. The average molecular weight is 765 g/mol. The largest absolute Gasteiger partial charge is 0.471 e. The lowest BCUT2D eigenvalue weighted by Crippen LogP contribution is -2.58. The molecule has 0 bridgehead atoms. The van der Waals surface area contributed by atoms with Gasteiger partial charge in [0.15, 0.2) is 0 Å². The fourth-order valence-corrected chi connectivity index (χ4v) is 8.65. The molecule has 7 rings (SSSR count). The van der Waals surface area contributed by atoms with Gasteiger partial charge in [-0.1, -0.05) is 31.9 Å². The molecule has 0 radical (unpaired) electrons. The zero-order valence-electron chi connectivity index (χ0n) is 30.5. The van der Waals surface area contributed by atoms with Crippen molar-refractivity contribution in [3.63, 3.8) is 0 Å². The zero-order chi connectivity index (χ0) is 38.4. The smallest absolute Gasteiger partial charge is 0.272 e. The summed E-state index contributed by atoms with van der Waals surface area (Å²) in [6.07, 6.45) is 7.63. The first-order valence-corrected chi connectivity index (χ1v) is 20.1. The van der Waals surface area contributed by atoms with Crippen LogP contribution in [0.25, 0.3) is 11.0 Å². The van der Waals surface area contributed by atoms with Crippen LogP contribution >= 0.6 is 0 Å². The number of hydrogen-bond donors (Lipinski definition) is 3. The fourth-order valence-electron chi connectivity index (χ4n) is 7.28. The highest BCUT2D eigenvalue weighted by Crippen LogP contribution is 2.46. The van der Waals surface area contributed by atoms with Crippen molar-refractivity contribution in [2.75, 3.05) is 6.54 Å². The molecule has 4 aliphatic rings. The van der Waals surface area contributed by atoms with Crippen molar-refractivity contribution in [3.05, 3.63) is 59.3 Å². The van der Waals surface area contributed by atoms with Gasteiger partial charge in [0, 0.05) is 31.1 Å². The highest BCUT2D eigenvalue weighted by molar-refractivity contribution is 7.91. The summed E-state index contributed by atoms with van der Waals surface area (Å²) in [7, 11) is -2.20. The number of ether oxygens (including phenoxy) is 1. The van der Waals surface area contributed by atoms with E-state index in [-0.39, 0.29) is 36.5 Å². The Kier molecular flexibility index (Phi) is 10.2. The number of benzene rings is 1. The SMILES string of the molecule is CCc1nc2ccc(F)cc2nc1O[C@@H]1C[C@H]2C(=O)N[C@]3(C(=O)NS(=O)(=O)C4CC4)CC3/C=C\CCCCC[C@H](NC(=O)c3cc(C)n(C)n3)C(=O)N2C1. The lowest BCUT2D eigenvalue weighted by molar-refractivity contribution is -0.141. The number of allylic oxidation sites excluding steroid dienone is 1. The van der Waals surface area contributed by atoms with Crippen LogP contribution in [-0.4, -0.2) is 92.2 Å². The molecule has 5 atom stereocenters. The third kappa shape index (κ3) is 7.68. The van der Waals surface area contributed by atoms with Gasteiger partial charge in [0.2, 0.25) is 27.7 Å². The van der Waals surface area contributed by atoms with E-state index in [1.807, 2.05) is 19.1 Å². The summed E-state index contributed by atoms with van der Waals surface area (Å²) in [6.45, 7) is 3.60. The van der Waals surface area contributed by atoms with Gasteiger partial charge in [0.25, 0.3) is 11.8 Å². The molecule has 17 heteroatoms. The number of amides is 4. The molecule has 1 unspecified atom stereocenters. The Labute approximate surface area is 312 Å². The van der Waals surface area contributed by atoms with Crippen LogP contribution in [0.15, 0.2) is 36.4 Å². The number of nitrogens with zero attached hydrogens (tertiary/aromatic N) is 5. The van der Waals surface area contributed by atoms with Crippen molar-refractivity contribution >= 4 is 44.7 Å². The monoisotopic (exact) mass is 764 g/mol. The third-order valence-corrected chi connectivity index (χ3v) is 12.6. The lowest BCUT2D eigenvalue weighted by Gasteiger charge is -2.29. The van der Waals surface area contributed by atoms with Gasteiger partial charge in [0.05, 0.1) is 22.8 Å². The summed E-state index contributed by atoms with van der Waals surface area (Å²) in [5.74, 6) is -3.33. The summed E-state index contributed by atoms with van der Waals surface area (Å²) in [4.78, 5) is 66.6. The number of nitrogens with one attached hydrogen (secondary N) is 3. The average Bonchev–Trinajstić information content (AvgIpc) is 4.03. The number of fused-ring (bicyclic) bond motifs is 3. The van der Waals surface area contributed by atoms with E-state index in [4.69, 9.17) is 4.74 Å². The maximum Gasteiger partial charge on any atom is 0.272 e. The molecule has 4 heterocycles. The minimum atomic E-state index is -3.91. The number of halogens is 1. The van der Waals surface area contributed by atoms with E-state index < -0.39 is 74.4 Å². The van der Waals surface area contributed by atoms with Gasteiger partial charge in [-0.05, 0) is 70.1 Å². The molecule has 2 aliphatic heterocycles. The summed E-state index contributed by atoms with van der Waals surface area (Å²) in [6, 6.07) is 3.51. The van der Waals surface area contributed by atoms with E-state index in [9.17, 15) is 32.0 Å². The molecule has 3 N–H and O–H groups in total. The molecule has 15 nitrogen and oxygen atoms in total. The standard InChI is InChI=1S/C37H45FN8O7S/c1-4-26-34(41-29-17-23(38)12-15-27(29)39-26)53-24-18-31-33(48)42-37(36(50)44-54(51,52)25-13-14-25)19-22(37)10-8-6-5-7-9-11-28(35(49)46(31)20-24)40-32(47)30-16-21(2)45(3)43-30/h8,10,12,15-17,22,24-25,28,31H,4-7,9,11,13-14,18-20H2,1-3H3,(H,40,47)(H,42,48)(H,44,50)/b10-8-/t22?,24-,28+,31+,37-/m1/s1. The Morgan fingerprint density at radius 2 is 1.89 bits per heavy atom. The van der Waals surface area contributed by atoms with Crippen molar-refractivity contribution in [1.29, 1.82) is 0 Å². The number of aryl methyl sites for hydroxylation is 3. The van der Waals surface area contributed by atoms with Crippen LogP contribution < -0.4 is 20.1 Å². The maximum absolute atomic E-state index is 14.6. The van der Waals surface area contributed by atoms with Crippen molar-refractivity contribution in [2.24, 2.45) is 13.0 Å².